The molecule has 0 aromatic carbocycles. The zero-order valence-corrected chi connectivity index (χ0v) is 9.94. The van der Waals surface area contributed by atoms with Gasteiger partial charge in [-0.2, -0.15) is 5.10 Å². The standard InChI is InChI=1S/C12H19N3O/c1-9(2)15-8-4-3-5-11(15)10-6-7-12(16)14-13-10/h6-7,9,11H,3-5,8H2,1-2H3,(H,14,16). The molecule has 16 heavy (non-hydrogen) atoms. The summed E-state index contributed by atoms with van der Waals surface area (Å²) in [6.45, 7) is 5.55. The molecule has 1 atom stereocenters. The van der Waals surface area contributed by atoms with E-state index in [0.29, 0.717) is 12.1 Å². The Balaban J connectivity index is 2.22. The van der Waals surface area contributed by atoms with Crippen LogP contribution in [0.3, 0.4) is 0 Å². The van der Waals surface area contributed by atoms with Crippen molar-refractivity contribution >= 4 is 0 Å². The average Bonchev–Trinajstić information content (AvgIpc) is 2.30. The summed E-state index contributed by atoms with van der Waals surface area (Å²) in [5.74, 6) is 0. The number of aromatic nitrogens is 2. The lowest BCUT2D eigenvalue weighted by atomic mass is 9.97. The van der Waals surface area contributed by atoms with E-state index in [4.69, 9.17) is 0 Å². The second-order valence-corrected chi connectivity index (χ2v) is 4.69. The first kappa shape index (κ1) is 11.3. The van der Waals surface area contributed by atoms with Gasteiger partial charge in [0, 0.05) is 12.1 Å². The van der Waals surface area contributed by atoms with Gasteiger partial charge >= 0.3 is 0 Å². The number of likely N-dealkylation sites (tertiary alicyclic amines) is 1. The Labute approximate surface area is 95.7 Å². The van der Waals surface area contributed by atoms with Crippen LogP contribution in [0.1, 0.15) is 44.8 Å². The van der Waals surface area contributed by atoms with E-state index in [2.05, 4.69) is 28.9 Å². The van der Waals surface area contributed by atoms with Gasteiger partial charge in [-0.05, 0) is 39.3 Å². The molecule has 4 heteroatoms. The average molecular weight is 221 g/mol. The minimum Gasteiger partial charge on any atom is -0.292 e. The van der Waals surface area contributed by atoms with E-state index in [1.807, 2.05) is 6.07 Å². The summed E-state index contributed by atoms with van der Waals surface area (Å²) in [6.07, 6.45) is 3.64. The van der Waals surface area contributed by atoms with Crippen molar-refractivity contribution in [1.29, 1.82) is 0 Å². The number of hydrogen-bond donors (Lipinski definition) is 1. The van der Waals surface area contributed by atoms with Gasteiger partial charge in [0.15, 0.2) is 0 Å². The fourth-order valence-corrected chi connectivity index (χ4v) is 2.43. The summed E-state index contributed by atoms with van der Waals surface area (Å²) in [4.78, 5) is 13.5. The Hall–Kier alpha value is -1.16. The predicted molar refractivity (Wildman–Crippen MR) is 63.3 cm³/mol. The third-order valence-corrected chi connectivity index (χ3v) is 3.25. The molecule has 2 heterocycles. The van der Waals surface area contributed by atoms with Gasteiger partial charge in [0.05, 0.1) is 11.7 Å². The second kappa shape index (κ2) is 4.78. The highest BCUT2D eigenvalue weighted by Crippen LogP contribution is 2.30. The van der Waals surface area contributed by atoms with Crippen LogP contribution in [0, 0.1) is 0 Å². The molecule has 0 amide bonds. The van der Waals surface area contributed by atoms with Crippen LogP contribution in [0.5, 0.6) is 0 Å². The van der Waals surface area contributed by atoms with Gasteiger partial charge in [-0.25, -0.2) is 5.10 Å². The second-order valence-electron chi connectivity index (χ2n) is 4.69. The molecule has 1 saturated heterocycles. The minimum absolute atomic E-state index is 0.129. The van der Waals surface area contributed by atoms with Gasteiger partial charge in [-0.1, -0.05) is 6.42 Å². The number of H-pyrrole nitrogens is 1. The molecule has 1 aliphatic heterocycles. The molecule has 0 saturated carbocycles. The van der Waals surface area contributed by atoms with Gasteiger partial charge < -0.3 is 0 Å². The molecule has 0 radical (unpaired) electrons. The lowest BCUT2D eigenvalue weighted by Gasteiger charge is -2.38. The topological polar surface area (TPSA) is 49.0 Å². The highest BCUT2D eigenvalue weighted by atomic mass is 16.1. The molecule has 0 aliphatic carbocycles. The Morgan fingerprint density at radius 1 is 1.44 bits per heavy atom. The summed E-state index contributed by atoms with van der Waals surface area (Å²) >= 11 is 0. The van der Waals surface area contributed by atoms with Gasteiger partial charge in [0.25, 0.3) is 5.56 Å². The molecule has 1 unspecified atom stereocenters. The summed E-state index contributed by atoms with van der Waals surface area (Å²) in [5, 5.41) is 6.68. The Bertz CT molecular complexity index is 379. The third kappa shape index (κ3) is 2.32. The van der Waals surface area contributed by atoms with Crippen LogP contribution < -0.4 is 5.56 Å². The van der Waals surface area contributed by atoms with Crippen molar-refractivity contribution in [2.24, 2.45) is 0 Å². The minimum atomic E-state index is -0.129. The highest BCUT2D eigenvalue weighted by molar-refractivity contribution is 5.07. The number of nitrogens with one attached hydrogen (secondary N) is 1. The summed E-state index contributed by atoms with van der Waals surface area (Å²) < 4.78 is 0. The zero-order chi connectivity index (χ0) is 11.5. The molecule has 1 aromatic heterocycles. The molecule has 1 N–H and O–H groups in total. The van der Waals surface area contributed by atoms with Crippen LogP contribution in [0.4, 0.5) is 0 Å². The molecule has 1 aromatic rings. The maximum atomic E-state index is 11.0. The highest BCUT2D eigenvalue weighted by Gasteiger charge is 2.26. The van der Waals surface area contributed by atoms with Crippen LogP contribution in [0.15, 0.2) is 16.9 Å². The first-order valence-electron chi connectivity index (χ1n) is 6.00. The lowest BCUT2D eigenvalue weighted by Crippen LogP contribution is -2.39. The number of piperidine rings is 1. The monoisotopic (exact) mass is 221 g/mol. The van der Waals surface area contributed by atoms with Crippen molar-refractivity contribution in [3.8, 4) is 0 Å². The fourth-order valence-electron chi connectivity index (χ4n) is 2.43. The molecular weight excluding hydrogens is 202 g/mol. The number of aromatic amines is 1. The van der Waals surface area contributed by atoms with Crippen LogP contribution in [0.2, 0.25) is 0 Å². The molecule has 0 spiro atoms. The van der Waals surface area contributed by atoms with Crippen LogP contribution in [-0.4, -0.2) is 27.7 Å². The molecule has 88 valence electrons. The van der Waals surface area contributed by atoms with Crippen molar-refractivity contribution in [3.05, 3.63) is 28.2 Å². The quantitative estimate of drug-likeness (QED) is 0.827. The molecular formula is C12H19N3O. The van der Waals surface area contributed by atoms with Gasteiger partial charge in [-0.3, -0.25) is 9.69 Å². The molecule has 1 fully saturated rings. The summed E-state index contributed by atoms with van der Waals surface area (Å²) in [5.41, 5.74) is 0.864. The van der Waals surface area contributed by atoms with Crippen LogP contribution in [-0.2, 0) is 0 Å². The molecule has 4 nitrogen and oxygen atoms in total. The van der Waals surface area contributed by atoms with Crippen molar-refractivity contribution in [1.82, 2.24) is 15.1 Å². The maximum absolute atomic E-state index is 11.0. The van der Waals surface area contributed by atoms with Gasteiger partial charge in [-0.15, -0.1) is 0 Å². The largest absolute Gasteiger partial charge is 0.292 e. The summed E-state index contributed by atoms with van der Waals surface area (Å²) in [7, 11) is 0. The Morgan fingerprint density at radius 3 is 2.88 bits per heavy atom. The van der Waals surface area contributed by atoms with Gasteiger partial charge in [0.2, 0.25) is 0 Å². The maximum Gasteiger partial charge on any atom is 0.264 e. The fraction of sp³-hybridized carbons (Fsp3) is 0.667. The number of nitrogens with zero attached hydrogens (tertiary/aromatic N) is 2. The molecule has 0 bridgehead atoms. The van der Waals surface area contributed by atoms with E-state index in [9.17, 15) is 4.79 Å². The smallest absolute Gasteiger partial charge is 0.264 e. The van der Waals surface area contributed by atoms with Crippen molar-refractivity contribution < 1.29 is 0 Å². The van der Waals surface area contributed by atoms with E-state index in [0.717, 1.165) is 18.7 Å². The van der Waals surface area contributed by atoms with Crippen molar-refractivity contribution in [2.75, 3.05) is 6.54 Å². The van der Waals surface area contributed by atoms with Crippen molar-refractivity contribution in [2.45, 2.75) is 45.2 Å². The van der Waals surface area contributed by atoms with E-state index in [-0.39, 0.29) is 5.56 Å². The van der Waals surface area contributed by atoms with Crippen molar-refractivity contribution in [3.63, 3.8) is 0 Å². The lowest BCUT2D eigenvalue weighted by molar-refractivity contribution is 0.108. The third-order valence-electron chi connectivity index (χ3n) is 3.25. The normalized spacial score (nSPS) is 22.6. The molecule has 2 rings (SSSR count). The predicted octanol–water partition coefficient (Wildman–Crippen LogP) is 1.71. The first-order valence-corrected chi connectivity index (χ1v) is 6.00. The van der Waals surface area contributed by atoms with E-state index < -0.39 is 0 Å². The SMILES string of the molecule is CC(C)N1CCCCC1c1ccc(=O)[nH]n1. The van der Waals surface area contributed by atoms with E-state index >= 15 is 0 Å². The van der Waals surface area contributed by atoms with Crippen LogP contribution in [0.25, 0.3) is 0 Å². The Kier molecular flexibility index (Phi) is 3.39. The zero-order valence-electron chi connectivity index (χ0n) is 9.94. The van der Waals surface area contributed by atoms with E-state index in [1.165, 1.54) is 12.8 Å². The van der Waals surface area contributed by atoms with Gasteiger partial charge in [0.1, 0.15) is 0 Å². The Morgan fingerprint density at radius 2 is 2.25 bits per heavy atom. The van der Waals surface area contributed by atoms with Crippen LogP contribution >= 0.6 is 0 Å². The number of rotatable bonds is 2. The van der Waals surface area contributed by atoms with E-state index in [1.54, 1.807) is 6.07 Å². The molecule has 1 aliphatic rings. The number of hydrogen-bond acceptors (Lipinski definition) is 3. The summed E-state index contributed by atoms with van der Waals surface area (Å²) in [6, 6.07) is 4.31. The first-order chi connectivity index (χ1) is 7.68.